The third-order valence-electron chi connectivity index (χ3n) is 4.70. The van der Waals surface area contributed by atoms with E-state index in [1.807, 2.05) is 24.3 Å². The van der Waals surface area contributed by atoms with Gasteiger partial charge in [-0.1, -0.05) is 48.0 Å². The molecule has 0 heterocycles. The van der Waals surface area contributed by atoms with E-state index in [-0.39, 0.29) is 11.9 Å². The molecule has 2 aromatic rings. The zero-order valence-corrected chi connectivity index (χ0v) is 16.1. The lowest BCUT2D eigenvalue weighted by molar-refractivity contribution is -0.119. The maximum Gasteiger partial charge on any atom is 0.230 e. The van der Waals surface area contributed by atoms with Crippen LogP contribution in [-0.2, 0) is 23.4 Å². The van der Waals surface area contributed by atoms with Crippen molar-refractivity contribution < 1.29 is 4.79 Å². The molecule has 0 aliphatic heterocycles. The van der Waals surface area contributed by atoms with Crippen LogP contribution >= 0.6 is 23.4 Å². The van der Waals surface area contributed by atoms with Crippen molar-refractivity contribution in [1.29, 1.82) is 0 Å². The predicted octanol–water partition coefficient (Wildman–Crippen LogP) is 5.33. The number of hydrogen-bond donors (Lipinski definition) is 1. The molecule has 1 amide bonds. The second-order valence-electron chi connectivity index (χ2n) is 6.61. The predicted molar refractivity (Wildman–Crippen MR) is 107 cm³/mol. The van der Waals surface area contributed by atoms with E-state index in [2.05, 4.69) is 30.4 Å². The molecule has 0 unspecified atom stereocenters. The maximum atomic E-state index is 12.2. The Morgan fingerprint density at radius 3 is 2.72 bits per heavy atom. The number of aryl methyl sites for hydroxylation is 2. The molecule has 0 saturated heterocycles. The molecule has 132 valence electrons. The topological polar surface area (TPSA) is 29.1 Å². The molecule has 4 heteroatoms. The van der Waals surface area contributed by atoms with Crippen molar-refractivity contribution in [3.8, 4) is 0 Å². The molecule has 25 heavy (non-hydrogen) atoms. The summed E-state index contributed by atoms with van der Waals surface area (Å²) in [5, 5.41) is 3.87. The molecule has 0 saturated carbocycles. The van der Waals surface area contributed by atoms with E-state index in [1.165, 1.54) is 36.0 Å². The Balaban J connectivity index is 1.50. The summed E-state index contributed by atoms with van der Waals surface area (Å²) in [5.74, 6) is 1.27. The third-order valence-corrected chi connectivity index (χ3v) is 6.05. The minimum atomic E-state index is 0.0423. The standard InChI is InChI=1S/C21H24ClNOS/c1-15(17-11-10-16-6-2-3-7-18(16)12-17)23-21(24)14-25-13-19-8-4-5-9-20(19)22/h4-5,8-12,15H,2-3,6-7,13-14H2,1H3,(H,23,24)/t15-/m1/s1. The molecule has 0 bridgehead atoms. The Labute approximate surface area is 159 Å². The van der Waals surface area contributed by atoms with E-state index in [0.717, 1.165) is 22.8 Å². The Kier molecular flexibility index (Phi) is 6.44. The minimum absolute atomic E-state index is 0.0423. The number of carbonyl (C=O) groups is 1. The molecular weight excluding hydrogens is 350 g/mol. The fourth-order valence-electron chi connectivity index (χ4n) is 3.26. The van der Waals surface area contributed by atoms with Crippen LogP contribution in [-0.4, -0.2) is 11.7 Å². The van der Waals surface area contributed by atoms with Gasteiger partial charge in [-0.25, -0.2) is 0 Å². The van der Waals surface area contributed by atoms with E-state index in [9.17, 15) is 4.79 Å². The van der Waals surface area contributed by atoms with Crippen LogP contribution in [0.15, 0.2) is 42.5 Å². The van der Waals surface area contributed by atoms with Crippen LogP contribution in [0, 0.1) is 0 Å². The van der Waals surface area contributed by atoms with Gasteiger partial charge in [-0.15, -0.1) is 11.8 Å². The highest BCUT2D eigenvalue weighted by molar-refractivity contribution is 7.99. The molecule has 0 spiro atoms. The normalized spacial score (nSPS) is 14.6. The fraction of sp³-hybridized carbons (Fsp3) is 0.381. The average Bonchev–Trinajstić information content (AvgIpc) is 2.63. The lowest BCUT2D eigenvalue weighted by Gasteiger charge is -2.20. The van der Waals surface area contributed by atoms with Crippen LogP contribution in [0.2, 0.25) is 5.02 Å². The van der Waals surface area contributed by atoms with Crippen molar-refractivity contribution >= 4 is 29.3 Å². The summed E-state index contributed by atoms with van der Waals surface area (Å²) < 4.78 is 0. The van der Waals surface area contributed by atoms with Crippen molar-refractivity contribution in [2.24, 2.45) is 0 Å². The smallest absolute Gasteiger partial charge is 0.230 e. The number of nitrogens with one attached hydrogen (secondary N) is 1. The largest absolute Gasteiger partial charge is 0.349 e. The maximum absolute atomic E-state index is 12.2. The quantitative estimate of drug-likeness (QED) is 0.741. The van der Waals surface area contributed by atoms with E-state index in [4.69, 9.17) is 11.6 Å². The van der Waals surface area contributed by atoms with Gasteiger partial charge in [0, 0.05) is 10.8 Å². The van der Waals surface area contributed by atoms with Crippen LogP contribution < -0.4 is 5.32 Å². The Morgan fingerprint density at radius 2 is 1.92 bits per heavy atom. The van der Waals surface area contributed by atoms with E-state index >= 15 is 0 Å². The van der Waals surface area contributed by atoms with Gasteiger partial charge >= 0.3 is 0 Å². The highest BCUT2D eigenvalue weighted by Crippen LogP contribution is 2.25. The summed E-state index contributed by atoms with van der Waals surface area (Å²) >= 11 is 7.74. The Bertz CT molecular complexity index is 746. The van der Waals surface area contributed by atoms with Crippen molar-refractivity contribution in [3.05, 3.63) is 69.7 Å². The van der Waals surface area contributed by atoms with Crippen molar-refractivity contribution in [2.45, 2.75) is 44.4 Å². The number of fused-ring (bicyclic) bond motifs is 1. The highest BCUT2D eigenvalue weighted by atomic mass is 35.5. The summed E-state index contributed by atoms with van der Waals surface area (Å²) in [6.45, 7) is 2.06. The fourth-order valence-corrected chi connectivity index (χ4v) is 4.38. The number of hydrogen-bond acceptors (Lipinski definition) is 2. The zero-order valence-electron chi connectivity index (χ0n) is 14.6. The minimum Gasteiger partial charge on any atom is -0.349 e. The van der Waals surface area contributed by atoms with E-state index < -0.39 is 0 Å². The Hall–Kier alpha value is -1.45. The Morgan fingerprint density at radius 1 is 1.16 bits per heavy atom. The molecule has 0 fully saturated rings. The molecule has 1 N–H and O–H groups in total. The molecule has 3 rings (SSSR count). The lowest BCUT2D eigenvalue weighted by Crippen LogP contribution is -2.28. The molecule has 0 radical (unpaired) electrons. The first-order valence-corrected chi connectivity index (χ1v) is 10.4. The van der Waals surface area contributed by atoms with Gasteiger partial charge < -0.3 is 5.32 Å². The van der Waals surface area contributed by atoms with Crippen LogP contribution in [0.1, 0.15) is 48.1 Å². The number of carbonyl (C=O) groups excluding carboxylic acids is 1. The third kappa shape index (κ3) is 5.02. The van der Waals surface area contributed by atoms with Gasteiger partial charge in [-0.2, -0.15) is 0 Å². The van der Waals surface area contributed by atoms with Crippen molar-refractivity contribution in [2.75, 3.05) is 5.75 Å². The number of thioether (sulfide) groups is 1. The molecule has 2 aromatic carbocycles. The molecule has 2 nitrogen and oxygen atoms in total. The number of halogens is 1. The van der Waals surface area contributed by atoms with E-state index in [0.29, 0.717) is 5.75 Å². The monoisotopic (exact) mass is 373 g/mol. The van der Waals surface area contributed by atoms with Gasteiger partial charge in [0.05, 0.1) is 11.8 Å². The van der Waals surface area contributed by atoms with Gasteiger partial charge in [0.25, 0.3) is 0 Å². The molecule has 1 aliphatic carbocycles. The SMILES string of the molecule is C[C@@H](NC(=O)CSCc1ccccc1Cl)c1ccc2c(c1)CCCC2. The molecular formula is C21H24ClNOS. The van der Waals surface area contributed by atoms with Crippen LogP contribution in [0.25, 0.3) is 0 Å². The second-order valence-corrected chi connectivity index (χ2v) is 8.00. The zero-order chi connectivity index (χ0) is 17.6. The first-order chi connectivity index (χ1) is 12.1. The number of benzene rings is 2. The van der Waals surface area contributed by atoms with Gasteiger partial charge in [0.1, 0.15) is 0 Å². The number of amides is 1. The summed E-state index contributed by atoms with van der Waals surface area (Å²) in [4.78, 5) is 12.2. The van der Waals surface area contributed by atoms with E-state index in [1.54, 1.807) is 11.8 Å². The summed E-state index contributed by atoms with van der Waals surface area (Å²) in [5.41, 5.74) is 5.21. The van der Waals surface area contributed by atoms with Crippen LogP contribution in [0.5, 0.6) is 0 Å². The summed E-state index contributed by atoms with van der Waals surface area (Å²) in [6, 6.07) is 14.5. The summed E-state index contributed by atoms with van der Waals surface area (Å²) in [7, 11) is 0. The molecule has 1 atom stereocenters. The summed E-state index contributed by atoms with van der Waals surface area (Å²) in [6.07, 6.45) is 4.92. The van der Waals surface area contributed by atoms with Crippen molar-refractivity contribution in [3.63, 3.8) is 0 Å². The van der Waals surface area contributed by atoms with Gasteiger partial charge in [0.2, 0.25) is 5.91 Å². The molecule has 0 aromatic heterocycles. The first kappa shape index (κ1) is 18.3. The second kappa shape index (κ2) is 8.77. The lowest BCUT2D eigenvalue weighted by atomic mass is 9.89. The van der Waals surface area contributed by atoms with Crippen molar-refractivity contribution in [1.82, 2.24) is 5.32 Å². The van der Waals surface area contributed by atoms with Gasteiger partial charge in [-0.05, 0) is 60.9 Å². The first-order valence-electron chi connectivity index (χ1n) is 8.85. The van der Waals surface area contributed by atoms with Gasteiger partial charge in [-0.3, -0.25) is 4.79 Å². The van der Waals surface area contributed by atoms with Crippen LogP contribution in [0.4, 0.5) is 0 Å². The average molecular weight is 374 g/mol. The molecule has 1 aliphatic rings. The number of rotatable bonds is 6. The van der Waals surface area contributed by atoms with Gasteiger partial charge in [0.15, 0.2) is 0 Å². The highest BCUT2D eigenvalue weighted by Gasteiger charge is 2.14. The van der Waals surface area contributed by atoms with Crippen LogP contribution in [0.3, 0.4) is 0 Å².